The molecule has 2 bridgehead atoms. The van der Waals surface area contributed by atoms with Crippen molar-refractivity contribution < 1.29 is 4.76 Å². The maximum atomic E-state index is 13.3. The second kappa shape index (κ2) is 5.88. The number of hydrogen-bond donors (Lipinski definition) is 1. The fourth-order valence-corrected chi connectivity index (χ4v) is 6.38. The minimum atomic E-state index is 0.153. The molecule has 2 fully saturated rings. The lowest BCUT2D eigenvalue weighted by Gasteiger charge is -2.47. The van der Waals surface area contributed by atoms with Crippen LogP contribution >= 0.6 is 0 Å². The van der Waals surface area contributed by atoms with E-state index in [0.29, 0.717) is 30.0 Å². The predicted octanol–water partition coefficient (Wildman–Crippen LogP) is 3.88. The first-order valence-electron chi connectivity index (χ1n) is 10.2. The molecule has 25 heavy (non-hydrogen) atoms. The van der Waals surface area contributed by atoms with E-state index in [2.05, 4.69) is 42.4 Å². The molecule has 0 spiro atoms. The van der Waals surface area contributed by atoms with E-state index in [1.807, 2.05) is 0 Å². The topological polar surface area (TPSA) is 35.4 Å². The maximum absolute atomic E-state index is 13.3. The van der Waals surface area contributed by atoms with E-state index in [0.717, 1.165) is 18.7 Å². The molecule has 0 radical (unpaired) electrons. The lowest BCUT2D eigenvalue weighted by molar-refractivity contribution is -0.511. The van der Waals surface area contributed by atoms with E-state index in [9.17, 15) is 4.91 Å². The van der Waals surface area contributed by atoms with Gasteiger partial charge in [0.25, 0.3) is 5.69 Å². The Balaban J connectivity index is 1.52. The number of benzene rings is 1. The first-order valence-corrected chi connectivity index (χ1v) is 10.2. The number of nitrogens with one attached hydrogen (secondary N) is 1. The molecule has 4 aliphatic heterocycles. The van der Waals surface area contributed by atoms with Crippen LogP contribution in [0.15, 0.2) is 18.2 Å². The fourth-order valence-electron chi connectivity index (χ4n) is 6.38. The molecule has 2 saturated heterocycles. The van der Waals surface area contributed by atoms with E-state index in [4.69, 9.17) is 0 Å². The summed E-state index contributed by atoms with van der Waals surface area (Å²) in [5, 5.41) is 3.65. The van der Waals surface area contributed by atoms with E-state index >= 15 is 0 Å². The van der Waals surface area contributed by atoms with Crippen LogP contribution in [0.2, 0.25) is 0 Å². The first-order chi connectivity index (χ1) is 12.1. The molecule has 4 heterocycles. The zero-order chi connectivity index (χ0) is 17.1. The van der Waals surface area contributed by atoms with Crippen LogP contribution in [0.3, 0.4) is 0 Å². The molecule has 134 valence electrons. The van der Waals surface area contributed by atoms with Gasteiger partial charge in [-0.15, -0.1) is 0 Å². The van der Waals surface area contributed by atoms with Crippen LogP contribution in [0.4, 0.5) is 5.69 Å². The number of fused-ring (bicyclic) bond motifs is 2. The Labute approximate surface area is 150 Å². The van der Waals surface area contributed by atoms with Crippen molar-refractivity contribution in [1.82, 2.24) is 10.2 Å². The smallest absolute Gasteiger partial charge is 0.260 e. The summed E-state index contributed by atoms with van der Waals surface area (Å²) in [6.07, 6.45) is 7.51. The lowest BCUT2D eigenvalue weighted by atomic mass is 9.72. The Kier molecular flexibility index (Phi) is 3.75. The predicted molar refractivity (Wildman–Crippen MR) is 99.2 cm³/mol. The minimum Gasteiger partial charge on any atom is -0.310 e. The van der Waals surface area contributed by atoms with Crippen LogP contribution in [-0.4, -0.2) is 41.4 Å². The maximum Gasteiger partial charge on any atom is 0.260 e. The molecule has 4 heteroatoms. The zero-order valence-electron chi connectivity index (χ0n) is 15.4. The Hall–Kier alpha value is -1.26. The van der Waals surface area contributed by atoms with Crippen molar-refractivity contribution in [1.29, 1.82) is 0 Å². The van der Waals surface area contributed by atoms with Crippen molar-refractivity contribution in [2.45, 2.75) is 75.5 Å². The van der Waals surface area contributed by atoms with Crippen molar-refractivity contribution in [3.63, 3.8) is 0 Å². The van der Waals surface area contributed by atoms with Gasteiger partial charge in [-0.05, 0) is 58.2 Å². The molecule has 5 rings (SSSR count). The van der Waals surface area contributed by atoms with Gasteiger partial charge in [0.1, 0.15) is 0 Å². The SMILES string of the molecule is CC1NCCC2c3c1cccc3[N+](=O)C2C1CC2CCCC(C1)N2C. The molecule has 4 nitrogen and oxygen atoms in total. The van der Waals surface area contributed by atoms with Gasteiger partial charge in [-0.25, -0.2) is 0 Å². The fraction of sp³-hybridized carbons (Fsp3) is 0.714. The third kappa shape index (κ3) is 2.33. The molecule has 0 aliphatic carbocycles. The summed E-state index contributed by atoms with van der Waals surface area (Å²) in [6, 6.07) is 8.25. The summed E-state index contributed by atoms with van der Waals surface area (Å²) >= 11 is 0. The summed E-state index contributed by atoms with van der Waals surface area (Å²) in [6.45, 7) is 3.25. The minimum absolute atomic E-state index is 0.153. The average Bonchev–Trinajstić information content (AvgIpc) is 2.76. The molecule has 5 unspecified atom stereocenters. The number of hydrogen-bond acceptors (Lipinski definition) is 3. The van der Waals surface area contributed by atoms with Gasteiger partial charge in [-0.3, -0.25) is 0 Å². The number of piperidine rings is 2. The van der Waals surface area contributed by atoms with Gasteiger partial charge in [0, 0.05) is 45.3 Å². The van der Waals surface area contributed by atoms with Crippen molar-refractivity contribution in [3.8, 4) is 0 Å². The number of nitroso groups, excluding NO2 is 1. The summed E-state index contributed by atoms with van der Waals surface area (Å²) in [5.74, 6) is 0.956. The van der Waals surface area contributed by atoms with Gasteiger partial charge in [0.05, 0.1) is 5.92 Å². The summed E-state index contributed by atoms with van der Waals surface area (Å²) in [5.41, 5.74) is 3.69. The second-order valence-electron chi connectivity index (χ2n) is 8.80. The van der Waals surface area contributed by atoms with Crippen LogP contribution in [-0.2, 0) is 0 Å². The van der Waals surface area contributed by atoms with Crippen molar-refractivity contribution >= 4 is 5.69 Å². The third-order valence-electron chi connectivity index (χ3n) is 7.64. The molecular weight excluding hydrogens is 310 g/mol. The molecule has 1 aromatic carbocycles. The van der Waals surface area contributed by atoms with Gasteiger partial charge < -0.3 is 10.2 Å². The van der Waals surface area contributed by atoms with Crippen molar-refractivity contribution in [2.24, 2.45) is 5.92 Å². The van der Waals surface area contributed by atoms with Crippen molar-refractivity contribution in [3.05, 3.63) is 34.2 Å². The molecule has 0 saturated carbocycles. The number of nitrogens with zero attached hydrogens (tertiary/aromatic N) is 2. The first kappa shape index (κ1) is 16.0. The third-order valence-corrected chi connectivity index (χ3v) is 7.64. The second-order valence-corrected chi connectivity index (χ2v) is 8.80. The Morgan fingerprint density at radius 2 is 1.92 bits per heavy atom. The van der Waals surface area contributed by atoms with Crippen LogP contribution in [0.1, 0.15) is 68.5 Å². The molecule has 0 aromatic heterocycles. The lowest BCUT2D eigenvalue weighted by Crippen LogP contribution is -2.52. The monoisotopic (exact) mass is 340 g/mol. The highest BCUT2D eigenvalue weighted by molar-refractivity contribution is 5.52. The summed E-state index contributed by atoms with van der Waals surface area (Å²) in [4.78, 5) is 16.0. The van der Waals surface area contributed by atoms with Gasteiger partial charge in [0.15, 0.2) is 0 Å². The Morgan fingerprint density at radius 3 is 2.68 bits per heavy atom. The normalized spacial score (nSPS) is 40.6. The largest absolute Gasteiger partial charge is 0.310 e. The van der Waals surface area contributed by atoms with Crippen LogP contribution < -0.4 is 5.32 Å². The summed E-state index contributed by atoms with van der Waals surface area (Å²) in [7, 11) is 2.30. The molecule has 5 atom stereocenters. The molecule has 1 aromatic rings. The summed E-state index contributed by atoms with van der Waals surface area (Å²) < 4.78 is 1.42. The van der Waals surface area contributed by atoms with Crippen LogP contribution in [0.25, 0.3) is 0 Å². The molecular formula is C21H30N3O+. The van der Waals surface area contributed by atoms with E-state index < -0.39 is 0 Å². The van der Waals surface area contributed by atoms with Gasteiger partial charge >= 0.3 is 0 Å². The standard InChI is InChI=1S/C21H30N3O/c1-13-17-7-4-8-19-20(17)18(9-10-22-13)21(24(19)25)14-11-15-5-3-6-16(12-14)23(15)2/h4,7-8,13-16,18,21-22H,3,5-6,9-12H2,1-2H3/q+1. The van der Waals surface area contributed by atoms with Crippen LogP contribution in [0.5, 0.6) is 0 Å². The molecule has 1 N–H and O–H groups in total. The zero-order valence-corrected chi connectivity index (χ0v) is 15.4. The van der Waals surface area contributed by atoms with Crippen molar-refractivity contribution in [2.75, 3.05) is 13.6 Å². The Bertz CT molecular complexity index is 688. The molecule has 4 aliphatic rings. The molecule has 0 amide bonds. The highest BCUT2D eigenvalue weighted by atomic mass is 16.3. The van der Waals surface area contributed by atoms with Gasteiger partial charge in [-0.2, -0.15) is 0 Å². The highest BCUT2D eigenvalue weighted by Crippen LogP contribution is 2.51. The van der Waals surface area contributed by atoms with Crippen LogP contribution in [0, 0.1) is 10.8 Å². The Morgan fingerprint density at radius 1 is 1.16 bits per heavy atom. The van der Waals surface area contributed by atoms with Gasteiger partial charge in [0.2, 0.25) is 6.04 Å². The number of rotatable bonds is 1. The average molecular weight is 340 g/mol. The van der Waals surface area contributed by atoms with E-state index in [1.54, 1.807) is 0 Å². The van der Waals surface area contributed by atoms with E-state index in [1.165, 1.54) is 48.0 Å². The van der Waals surface area contributed by atoms with Gasteiger partial charge in [-0.1, -0.05) is 18.6 Å². The quantitative estimate of drug-likeness (QED) is 0.788. The highest BCUT2D eigenvalue weighted by Gasteiger charge is 2.55. The van der Waals surface area contributed by atoms with E-state index in [-0.39, 0.29) is 6.04 Å².